The van der Waals surface area contributed by atoms with Crippen molar-refractivity contribution < 1.29 is 24.2 Å². The summed E-state index contributed by atoms with van der Waals surface area (Å²) in [5.41, 5.74) is -0.623. The number of hydrogen-bond donors (Lipinski definition) is 3. The molecule has 2 amide bonds. The van der Waals surface area contributed by atoms with Crippen molar-refractivity contribution in [2.45, 2.75) is 52.2 Å². The maximum Gasteiger partial charge on any atom is 0.408 e. The van der Waals surface area contributed by atoms with Crippen LogP contribution in [-0.2, 0) is 14.3 Å². The fourth-order valence-corrected chi connectivity index (χ4v) is 1.15. The van der Waals surface area contributed by atoms with E-state index in [1.165, 1.54) is 6.92 Å². The number of rotatable bonds is 6. The van der Waals surface area contributed by atoms with Crippen molar-refractivity contribution in [2.75, 3.05) is 6.54 Å². The van der Waals surface area contributed by atoms with E-state index in [2.05, 4.69) is 10.6 Å². The Morgan fingerprint density at radius 3 is 2.32 bits per heavy atom. The zero-order chi connectivity index (χ0) is 15.1. The number of aliphatic carboxylic acids is 1. The van der Waals surface area contributed by atoms with Crippen LogP contribution >= 0.6 is 0 Å². The summed E-state index contributed by atoms with van der Waals surface area (Å²) in [7, 11) is 0. The van der Waals surface area contributed by atoms with E-state index in [0.29, 0.717) is 6.42 Å². The van der Waals surface area contributed by atoms with Crippen molar-refractivity contribution in [3.05, 3.63) is 0 Å². The molecular formula is C12H22N2O5. The number of ether oxygens (including phenoxy) is 1. The van der Waals surface area contributed by atoms with Crippen molar-refractivity contribution in [1.29, 1.82) is 0 Å². The van der Waals surface area contributed by atoms with Gasteiger partial charge in [0.05, 0.1) is 0 Å². The first-order valence-electron chi connectivity index (χ1n) is 6.11. The van der Waals surface area contributed by atoms with Crippen molar-refractivity contribution in [3.63, 3.8) is 0 Å². The highest BCUT2D eigenvalue weighted by Crippen LogP contribution is 2.06. The average molecular weight is 274 g/mol. The molecule has 19 heavy (non-hydrogen) atoms. The van der Waals surface area contributed by atoms with Gasteiger partial charge in [0, 0.05) is 13.0 Å². The van der Waals surface area contributed by atoms with Crippen LogP contribution in [0.15, 0.2) is 0 Å². The van der Waals surface area contributed by atoms with Gasteiger partial charge >= 0.3 is 12.1 Å². The topological polar surface area (TPSA) is 105 Å². The highest BCUT2D eigenvalue weighted by atomic mass is 16.6. The normalized spacial score (nSPS) is 12.4. The highest BCUT2D eigenvalue weighted by Gasteiger charge is 2.20. The number of alkyl carbamates (subject to hydrolysis) is 1. The van der Waals surface area contributed by atoms with E-state index in [-0.39, 0.29) is 18.9 Å². The molecule has 7 heteroatoms. The summed E-state index contributed by atoms with van der Waals surface area (Å²) in [6, 6.07) is -0.736. The van der Waals surface area contributed by atoms with Crippen LogP contribution in [0, 0.1) is 0 Å². The van der Waals surface area contributed by atoms with E-state index >= 15 is 0 Å². The predicted octanol–water partition coefficient (Wildman–Crippen LogP) is 0.881. The van der Waals surface area contributed by atoms with Gasteiger partial charge < -0.3 is 20.5 Å². The molecule has 0 fully saturated rings. The molecule has 0 radical (unpaired) electrons. The van der Waals surface area contributed by atoms with Crippen LogP contribution in [-0.4, -0.2) is 41.3 Å². The number of amides is 2. The summed E-state index contributed by atoms with van der Waals surface area (Å²) in [6.45, 7) is 6.96. The second-order valence-electron chi connectivity index (χ2n) is 5.16. The van der Waals surface area contributed by atoms with Crippen molar-refractivity contribution in [1.82, 2.24) is 10.6 Å². The first-order valence-corrected chi connectivity index (χ1v) is 6.11. The van der Waals surface area contributed by atoms with Crippen LogP contribution in [0.2, 0.25) is 0 Å². The number of carbonyl (C=O) groups excluding carboxylic acids is 2. The van der Waals surface area contributed by atoms with E-state index in [4.69, 9.17) is 9.84 Å². The molecule has 3 N–H and O–H groups in total. The lowest BCUT2D eigenvalue weighted by molar-refractivity contribution is -0.137. The lowest BCUT2D eigenvalue weighted by Crippen LogP contribution is -2.46. The number of carboxylic acid groups (broad SMARTS) is 1. The second kappa shape index (κ2) is 7.60. The van der Waals surface area contributed by atoms with Crippen molar-refractivity contribution in [3.8, 4) is 0 Å². The maximum absolute atomic E-state index is 11.6. The Morgan fingerprint density at radius 2 is 1.84 bits per heavy atom. The minimum atomic E-state index is -0.908. The van der Waals surface area contributed by atoms with Gasteiger partial charge in [0.1, 0.15) is 11.6 Å². The van der Waals surface area contributed by atoms with Crippen LogP contribution in [0.5, 0.6) is 0 Å². The zero-order valence-electron chi connectivity index (χ0n) is 11.8. The first kappa shape index (κ1) is 17.2. The quantitative estimate of drug-likeness (QED) is 0.624. The monoisotopic (exact) mass is 274 g/mol. The molecule has 0 rings (SSSR count). The standard InChI is InChI=1S/C12H22N2O5/c1-8(14-11(18)19-12(2,3)4)10(17)13-7-5-6-9(15)16/h8H,5-7H2,1-4H3,(H,13,17)(H,14,18)(H,15,16)/t8-/m0/s1. The van der Waals surface area contributed by atoms with Gasteiger partial charge in [-0.05, 0) is 34.1 Å². The summed E-state index contributed by atoms with van der Waals surface area (Å²) < 4.78 is 5.01. The molecule has 0 aromatic heterocycles. The van der Waals surface area contributed by atoms with E-state index < -0.39 is 23.7 Å². The Kier molecular flexibility index (Phi) is 6.89. The minimum Gasteiger partial charge on any atom is -0.481 e. The molecule has 0 unspecified atom stereocenters. The molecule has 0 aliphatic heterocycles. The number of carboxylic acids is 1. The number of carbonyl (C=O) groups is 3. The highest BCUT2D eigenvalue weighted by molar-refractivity contribution is 5.85. The molecule has 7 nitrogen and oxygen atoms in total. The number of hydrogen-bond acceptors (Lipinski definition) is 4. The third-order valence-corrected chi connectivity index (χ3v) is 1.99. The average Bonchev–Trinajstić information content (AvgIpc) is 2.20. The molecule has 110 valence electrons. The van der Waals surface area contributed by atoms with Crippen molar-refractivity contribution in [2.24, 2.45) is 0 Å². The summed E-state index contributed by atoms with van der Waals surface area (Å²) in [5, 5.41) is 13.4. The van der Waals surface area contributed by atoms with Crippen LogP contribution in [0.4, 0.5) is 4.79 Å². The van der Waals surface area contributed by atoms with E-state index in [0.717, 1.165) is 0 Å². The Morgan fingerprint density at radius 1 is 1.26 bits per heavy atom. The first-order chi connectivity index (χ1) is 8.61. The fourth-order valence-electron chi connectivity index (χ4n) is 1.15. The lowest BCUT2D eigenvalue weighted by atomic mass is 10.2. The molecule has 0 aromatic carbocycles. The SMILES string of the molecule is C[C@H](NC(=O)OC(C)(C)C)C(=O)NCCCC(=O)O. The number of nitrogens with one attached hydrogen (secondary N) is 2. The Balaban J connectivity index is 3.93. The Bertz CT molecular complexity index is 336. The van der Waals surface area contributed by atoms with Crippen LogP contribution in [0.25, 0.3) is 0 Å². The summed E-state index contributed by atoms with van der Waals surface area (Å²) >= 11 is 0. The summed E-state index contributed by atoms with van der Waals surface area (Å²) in [4.78, 5) is 33.2. The van der Waals surface area contributed by atoms with E-state index in [1.54, 1.807) is 20.8 Å². The predicted molar refractivity (Wildman–Crippen MR) is 68.7 cm³/mol. The van der Waals surface area contributed by atoms with Gasteiger partial charge in [-0.1, -0.05) is 0 Å². The molecule has 0 aliphatic rings. The van der Waals surface area contributed by atoms with Gasteiger partial charge in [-0.15, -0.1) is 0 Å². The summed E-state index contributed by atoms with van der Waals surface area (Å²) in [5.74, 6) is -1.29. The summed E-state index contributed by atoms with van der Waals surface area (Å²) in [6.07, 6.45) is -0.324. The largest absolute Gasteiger partial charge is 0.481 e. The van der Waals surface area contributed by atoms with Gasteiger partial charge in [-0.3, -0.25) is 9.59 Å². The second-order valence-corrected chi connectivity index (χ2v) is 5.16. The molecule has 0 aromatic rings. The van der Waals surface area contributed by atoms with E-state index in [1.807, 2.05) is 0 Å². The van der Waals surface area contributed by atoms with Crippen LogP contribution < -0.4 is 10.6 Å². The minimum absolute atomic E-state index is 0.00580. The Hall–Kier alpha value is -1.79. The van der Waals surface area contributed by atoms with Crippen LogP contribution in [0.1, 0.15) is 40.5 Å². The third kappa shape index (κ3) is 9.87. The molecular weight excluding hydrogens is 252 g/mol. The molecule has 0 bridgehead atoms. The molecule has 1 atom stereocenters. The van der Waals surface area contributed by atoms with E-state index in [9.17, 15) is 14.4 Å². The maximum atomic E-state index is 11.6. The fraction of sp³-hybridized carbons (Fsp3) is 0.750. The van der Waals surface area contributed by atoms with Crippen LogP contribution in [0.3, 0.4) is 0 Å². The molecule has 0 spiro atoms. The Labute approximate surface area is 112 Å². The van der Waals surface area contributed by atoms with Gasteiger partial charge in [0.25, 0.3) is 0 Å². The molecule has 0 saturated heterocycles. The van der Waals surface area contributed by atoms with Gasteiger partial charge in [0.2, 0.25) is 5.91 Å². The molecule has 0 saturated carbocycles. The lowest BCUT2D eigenvalue weighted by Gasteiger charge is -2.21. The molecule has 0 heterocycles. The van der Waals surface area contributed by atoms with Gasteiger partial charge in [0.15, 0.2) is 0 Å². The van der Waals surface area contributed by atoms with Crippen molar-refractivity contribution >= 4 is 18.0 Å². The molecule has 0 aliphatic carbocycles. The smallest absolute Gasteiger partial charge is 0.408 e. The van der Waals surface area contributed by atoms with Gasteiger partial charge in [-0.2, -0.15) is 0 Å². The third-order valence-electron chi connectivity index (χ3n) is 1.99. The van der Waals surface area contributed by atoms with Gasteiger partial charge in [-0.25, -0.2) is 4.79 Å². The zero-order valence-corrected chi connectivity index (χ0v) is 11.8.